The molecule has 0 amide bonds. The van der Waals surface area contributed by atoms with Crippen molar-refractivity contribution in [2.45, 2.75) is 89.9 Å². The number of thiophene rings is 1. The number of pyridine rings is 1. The van der Waals surface area contributed by atoms with Crippen LogP contribution in [0.15, 0.2) is 152 Å². The summed E-state index contributed by atoms with van der Waals surface area (Å²) < 4.78 is 5.22. The number of imidazole rings is 1. The Balaban J connectivity index is 0.000000253. The molecule has 0 spiro atoms. The Morgan fingerprint density at radius 2 is 1.31 bits per heavy atom. The summed E-state index contributed by atoms with van der Waals surface area (Å²) in [5, 5.41) is 4.93. The van der Waals surface area contributed by atoms with Gasteiger partial charge in [-0.05, 0) is 76.8 Å². The fraction of sp³-hybridized carbons (Fsp3) is 0.254. The molecule has 0 aliphatic carbocycles. The third-order valence-electron chi connectivity index (χ3n) is 12.1. The van der Waals surface area contributed by atoms with Crippen LogP contribution in [-0.4, -0.2) is 27.8 Å². The molecule has 0 saturated carbocycles. The molecular weight excluding hydrogens is 1050 g/mol. The molecule has 65 heavy (non-hydrogen) atoms. The molecule has 6 heteroatoms. The third kappa shape index (κ3) is 11.0. The van der Waals surface area contributed by atoms with Crippen LogP contribution in [0.1, 0.15) is 81.2 Å². The molecule has 0 unspecified atom stereocenters. The first-order chi connectivity index (χ1) is 30.9. The molecule has 0 fully saturated rings. The molecule has 6 aromatic carbocycles. The fourth-order valence-electron chi connectivity index (χ4n) is 8.79. The molecule has 0 N–H and O–H groups in total. The van der Waals surface area contributed by atoms with Crippen LogP contribution in [-0.2, 0) is 39.4 Å². The summed E-state index contributed by atoms with van der Waals surface area (Å²) in [5.41, 5.74) is 16.0. The van der Waals surface area contributed by atoms with E-state index in [9.17, 15) is 0 Å². The molecular formula is C59H61GeIrN3S-2. The SMILES string of the molecule is CC(C)Cc1cc(-c2[c-]cccc2)nc[c]1[Ge]([CH3])([CH3])[CH3].CC(C)c1cc(-c2ccccc2)cc(C(C)C)c1-n1c(-c2[c-]sc3ccc(CCc4ccccc4)cc23)nc2ccccc21.[Ir]. The van der Waals surface area contributed by atoms with E-state index in [1.807, 2.05) is 18.2 Å². The Hall–Kier alpha value is -4.91. The van der Waals surface area contributed by atoms with E-state index in [0.717, 1.165) is 52.9 Å². The van der Waals surface area contributed by atoms with Crippen molar-refractivity contribution in [2.24, 2.45) is 5.92 Å². The Bertz CT molecular complexity index is 2950. The van der Waals surface area contributed by atoms with E-state index < -0.39 is 13.3 Å². The average Bonchev–Trinajstić information content (AvgIpc) is 3.89. The van der Waals surface area contributed by atoms with Crippen LogP contribution in [0, 0.1) is 17.4 Å². The van der Waals surface area contributed by atoms with Crippen molar-refractivity contribution in [1.82, 2.24) is 14.5 Å². The summed E-state index contributed by atoms with van der Waals surface area (Å²) in [4.78, 5) is 10.0. The number of para-hydroxylation sites is 2. The number of rotatable bonds is 12. The van der Waals surface area contributed by atoms with Crippen LogP contribution in [0.25, 0.3) is 60.6 Å². The normalized spacial score (nSPS) is 11.6. The molecule has 0 aliphatic heterocycles. The van der Waals surface area contributed by atoms with E-state index in [1.165, 1.54) is 54.7 Å². The molecule has 0 atom stereocenters. The van der Waals surface area contributed by atoms with E-state index in [1.54, 1.807) is 15.7 Å². The van der Waals surface area contributed by atoms with Crippen LogP contribution >= 0.6 is 11.3 Å². The van der Waals surface area contributed by atoms with Gasteiger partial charge < -0.3 is 4.57 Å². The number of hydrogen-bond donors (Lipinski definition) is 0. The smallest absolute Gasteiger partial charge is 0.0774 e. The first-order valence-corrected chi connectivity index (χ1v) is 31.2. The predicted molar refractivity (Wildman–Crippen MR) is 278 cm³/mol. The largest absolute Gasteiger partial charge is 0.333 e. The zero-order valence-corrected chi connectivity index (χ0v) is 44.7. The predicted octanol–water partition coefficient (Wildman–Crippen LogP) is 15.7. The summed E-state index contributed by atoms with van der Waals surface area (Å²) >= 11 is -0.170. The minimum Gasteiger partial charge on any atom is -0.333 e. The van der Waals surface area contributed by atoms with Crippen molar-refractivity contribution in [3.05, 3.63) is 191 Å². The molecule has 9 aromatic rings. The second-order valence-corrected chi connectivity index (χ2v) is 30.6. The van der Waals surface area contributed by atoms with Crippen LogP contribution in [0.3, 0.4) is 0 Å². The summed E-state index contributed by atoms with van der Waals surface area (Å²) in [6.45, 7) is 13.8. The average molecular weight is 1110 g/mol. The molecule has 333 valence electrons. The summed E-state index contributed by atoms with van der Waals surface area (Å²) in [5.74, 6) is 9.61. The van der Waals surface area contributed by atoms with Gasteiger partial charge in [-0.15, -0.1) is 11.5 Å². The first kappa shape index (κ1) is 48.0. The molecule has 9 rings (SSSR count). The van der Waals surface area contributed by atoms with Gasteiger partial charge in [-0.2, -0.15) is 0 Å². The van der Waals surface area contributed by atoms with Gasteiger partial charge in [0.15, 0.2) is 0 Å². The summed E-state index contributed by atoms with van der Waals surface area (Å²) in [6.07, 6.45) is 5.30. The number of benzene rings is 6. The van der Waals surface area contributed by atoms with Crippen LogP contribution in [0.5, 0.6) is 0 Å². The number of aromatic nitrogens is 3. The van der Waals surface area contributed by atoms with Gasteiger partial charge in [0.05, 0.1) is 16.9 Å². The van der Waals surface area contributed by atoms with Crippen molar-refractivity contribution in [3.8, 4) is 39.5 Å². The third-order valence-corrected chi connectivity index (χ3v) is 17.3. The van der Waals surface area contributed by atoms with Crippen LogP contribution in [0.4, 0.5) is 0 Å². The molecule has 3 aromatic heterocycles. The van der Waals surface area contributed by atoms with Gasteiger partial charge >= 0.3 is 126 Å². The number of aryl methyl sites for hydroxylation is 2. The standard InChI is InChI=1S/C41H37N2S.C18H24GeN.Ir/c1-27(2)33-24-32(31-15-9-6-10-16-31)25-34(28(3)4)40(33)43-38-18-12-11-17-37(38)42-41(43)36-26-44-39-22-21-30(23-35(36)39)20-19-29-13-7-5-8-14-29;1-14(2)11-16-12-18(15-9-7-6-8-10-15)20-13-17(16)19(3,4)5;/h5-18,21-25,27-28H,19-20H2,1-4H3;6-9,12-14H,11H2,1-5H3;/q2*-1;. The maximum absolute atomic E-state index is 5.32. The molecule has 3 heterocycles. The quantitative estimate of drug-likeness (QED) is 0.0902. The summed E-state index contributed by atoms with van der Waals surface area (Å²) in [7, 11) is 0. The molecule has 0 saturated heterocycles. The van der Waals surface area contributed by atoms with E-state index in [2.05, 4.69) is 208 Å². The van der Waals surface area contributed by atoms with E-state index >= 15 is 0 Å². The van der Waals surface area contributed by atoms with Crippen LogP contribution in [0.2, 0.25) is 17.3 Å². The topological polar surface area (TPSA) is 30.7 Å². The van der Waals surface area contributed by atoms with Crippen molar-refractivity contribution < 1.29 is 20.1 Å². The Labute approximate surface area is 408 Å². The molecule has 0 bridgehead atoms. The number of nitrogens with zero attached hydrogens (tertiary/aromatic N) is 3. The fourth-order valence-corrected chi connectivity index (χ4v) is 12.9. The molecule has 3 nitrogen and oxygen atoms in total. The Morgan fingerprint density at radius 3 is 1.95 bits per heavy atom. The maximum atomic E-state index is 5.32. The van der Waals surface area contributed by atoms with Crippen LogP contribution < -0.4 is 4.40 Å². The van der Waals surface area contributed by atoms with Crippen molar-refractivity contribution in [2.75, 3.05) is 0 Å². The Morgan fingerprint density at radius 1 is 0.662 bits per heavy atom. The van der Waals surface area contributed by atoms with Crippen molar-refractivity contribution >= 4 is 50.1 Å². The first-order valence-electron chi connectivity index (χ1n) is 23.0. The zero-order chi connectivity index (χ0) is 45.0. The van der Waals surface area contributed by atoms with E-state index in [-0.39, 0.29) is 20.1 Å². The second-order valence-electron chi connectivity index (χ2n) is 19.2. The molecule has 1 radical (unpaired) electrons. The van der Waals surface area contributed by atoms with E-state index in [0.29, 0.717) is 17.8 Å². The zero-order valence-electron chi connectivity index (χ0n) is 39.4. The van der Waals surface area contributed by atoms with Gasteiger partial charge in [-0.1, -0.05) is 134 Å². The maximum Gasteiger partial charge on any atom is 0.0774 e. The van der Waals surface area contributed by atoms with Crippen molar-refractivity contribution in [3.63, 3.8) is 0 Å². The Kier molecular flexibility index (Phi) is 15.6. The number of fused-ring (bicyclic) bond motifs is 2. The van der Waals surface area contributed by atoms with Gasteiger partial charge in [0.2, 0.25) is 0 Å². The minimum absolute atomic E-state index is 0. The summed E-state index contributed by atoms with van der Waals surface area (Å²) in [6, 6.07) is 55.4. The van der Waals surface area contributed by atoms with Gasteiger partial charge in [0.25, 0.3) is 0 Å². The van der Waals surface area contributed by atoms with Gasteiger partial charge in [0, 0.05) is 25.8 Å². The minimum atomic E-state index is -1.86. The van der Waals surface area contributed by atoms with Gasteiger partial charge in [-0.25, -0.2) is 0 Å². The monoisotopic (exact) mass is 1110 g/mol. The van der Waals surface area contributed by atoms with Gasteiger partial charge in [-0.3, -0.25) is 16.3 Å². The number of hydrogen-bond acceptors (Lipinski definition) is 3. The van der Waals surface area contributed by atoms with E-state index in [4.69, 9.17) is 9.97 Å². The molecule has 0 aliphatic rings. The second kappa shape index (κ2) is 21.2. The van der Waals surface area contributed by atoms with Crippen molar-refractivity contribution in [1.29, 1.82) is 0 Å². The van der Waals surface area contributed by atoms with Gasteiger partial charge in [0.1, 0.15) is 0 Å².